The molecule has 2 aromatic rings. The van der Waals surface area contributed by atoms with Crippen molar-refractivity contribution in [3.63, 3.8) is 0 Å². The van der Waals surface area contributed by atoms with Gasteiger partial charge in [-0.3, -0.25) is 4.98 Å². The molecule has 2 N–H and O–H groups in total. The fraction of sp³-hybridized carbons (Fsp3) is 0.353. The first-order chi connectivity index (χ1) is 9.99. The van der Waals surface area contributed by atoms with Crippen molar-refractivity contribution in [3.05, 3.63) is 59.7 Å². The number of benzene rings is 1. The normalized spacial score (nSPS) is 13.8. The summed E-state index contributed by atoms with van der Waals surface area (Å²) in [6, 6.07) is 11.1. The molecule has 2 atom stereocenters. The van der Waals surface area contributed by atoms with Gasteiger partial charge in [0.2, 0.25) is 0 Å². The van der Waals surface area contributed by atoms with Gasteiger partial charge >= 0.3 is 0 Å². The van der Waals surface area contributed by atoms with E-state index in [1.807, 2.05) is 12.1 Å². The molecule has 112 valence electrons. The van der Waals surface area contributed by atoms with Crippen LogP contribution >= 0.6 is 0 Å². The molecule has 0 radical (unpaired) electrons. The van der Waals surface area contributed by atoms with Gasteiger partial charge in [0, 0.05) is 19.3 Å². The van der Waals surface area contributed by atoms with Crippen molar-refractivity contribution in [2.45, 2.75) is 19.9 Å². The fourth-order valence-corrected chi connectivity index (χ4v) is 2.51. The Hall–Kier alpha value is -1.94. The van der Waals surface area contributed by atoms with Gasteiger partial charge in [-0.05, 0) is 36.6 Å². The van der Waals surface area contributed by atoms with Crippen LogP contribution in [-0.4, -0.2) is 18.6 Å². The lowest BCUT2D eigenvalue weighted by Crippen LogP contribution is -2.31. The Morgan fingerprint density at radius 3 is 2.57 bits per heavy atom. The molecule has 3 nitrogen and oxygen atoms in total. The number of para-hydroxylation sites is 1. The molecule has 0 fully saturated rings. The van der Waals surface area contributed by atoms with Crippen LogP contribution in [0, 0.1) is 18.7 Å². The van der Waals surface area contributed by atoms with Crippen LogP contribution in [0.25, 0.3) is 0 Å². The number of aromatic nitrogens is 1. The quantitative estimate of drug-likeness (QED) is 0.917. The van der Waals surface area contributed by atoms with Crippen LogP contribution < -0.4 is 10.6 Å². The maximum Gasteiger partial charge on any atom is 0.141 e. The van der Waals surface area contributed by atoms with E-state index in [0.29, 0.717) is 0 Å². The van der Waals surface area contributed by atoms with Crippen molar-refractivity contribution in [1.82, 2.24) is 4.98 Å². The largest absolute Gasteiger partial charge is 0.374 e. The van der Waals surface area contributed by atoms with Gasteiger partial charge in [0.15, 0.2) is 0 Å². The molecule has 1 heterocycles. The number of pyridine rings is 1. The molecule has 0 bridgehead atoms. The van der Waals surface area contributed by atoms with Gasteiger partial charge in [0.05, 0.1) is 17.9 Å². The van der Waals surface area contributed by atoms with Gasteiger partial charge in [-0.1, -0.05) is 25.1 Å². The highest BCUT2D eigenvalue weighted by molar-refractivity contribution is 5.52. The van der Waals surface area contributed by atoms with Gasteiger partial charge in [-0.15, -0.1) is 0 Å². The molecule has 0 amide bonds. The molecule has 0 aliphatic carbocycles. The van der Waals surface area contributed by atoms with Crippen LogP contribution in [0.2, 0.25) is 0 Å². The van der Waals surface area contributed by atoms with Crippen LogP contribution in [0.5, 0.6) is 0 Å². The third-order valence-electron chi connectivity index (χ3n) is 3.79. The number of halogens is 1. The summed E-state index contributed by atoms with van der Waals surface area (Å²) in [7, 11) is 2.06. The Kier molecular flexibility index (Phi) is 4.91. The molecular formula is C17H22FN3. The Balaban J connectivity index is 2.05. The van der Waals surface area contributed by atoms with Crippen molar-refractivity contribution in [3.8, 4) is 0 Å². The number of aryl methyl sites for hydroxylation is 1. The van der Waals surface area contributed by atoms with E-state index in [2.05, 4.69) is 42.9 Å². The van der Waals surface area contributed by atoms with Gasteiger partial charge < -0.3 is 10.6 Å². The average Bonchev–Trinajstić information content (AvgIpc) is 2.47. The molecular weight excluding hydrogens is 265 g/mol. The number of rotatable bonds is 5. The maximum absolute atomic E-state index is 12.9. The van der Waals surface area contributed by atoms with E-state index < -0.39 is 0 Å². The van der Waals surface area contributed by atoms with Gasteiger partial charge in [0.25, 0.3) is 0 Å². The molecule has 2 unspecified atom stereocenters. The monoisotopic (exact) mass is 287 g/mol. The second-order valence-electron chi connectivity index (χ2n) is 5.57. The summed E-state index contributed by atoms with van der Waals surface area (Å²) in [4.78, 5) is 6.28. The van der Waals surface area contributed by atoms with Gasteiger partial charge in [-0.25, -0.2) is 4.39 Å². The van der Waals surface area contributed by atoms with Crippen molar-refractivity contribution in [1.29, 1.82) is 0 Å². The van der Waals surface area contributed by atoms with Gasteiger partial charge in [-0.2, -0.15) is 0 Å². The maximum atomic E-state index is 12.9. The molecule has 0 saturated carbocycles. The van der Waals surface area contributed by atoms with E-state index in [-0.39, 0.29) is 17.8 Å². The smallest absolute Gasteiger partial charge is 0.141 e. The summed E-state index contributed by atoms with van der Waals surface area (Å²) >= 11 is 0. The molecule has 21 heavy (non-hydrogen) atoms. The predicted octanol–water partition coefficient (Wildman–Crippen LogP) is 3.30. The topological polar surface area (TPSA) is 42.1 Å². The van der Waals surface area contributed by atoms with Crippen LogP contribution in [0.4, 0.5) is 10.1 Å². The molecule has 1 aromatic carbocycles. The third-order valence-corrected chi connectivity index (χ3v) is 3.79. The number of anilines is 1. The minimum absolute atomic E-state index is 0.201. The first kappa shape index (κ1) is 15.4. The second kappa shape index (κ2) is 6.68. The summed E-state index contributed by atoms with van der Waals surface area (Å²) in [5.74, 6) is -0.136. The highest BCUT2D eigenvalue weighted by Gasteiger charge is 2.18. The van der Waals surface area contributed by atoms with Crippen molar-refractivity contribution in [2.75, 3.05) is 18.5 Å². The molecule has 2 rings (SSSR count). The fourth-order valence-electron chi connectivity index (χ4n) is 2.51. The highest BCUT2D eigenvalue weighted by Crippen LogP contribution is 2.23. The summed E-state index contributed by atoms with van der Waals surface area (Å²) in [6.45, 7) is 4.99. The number of nitrogens with zero attached hydrogens (tertiary/aromatic N) is 2. The number of nitrogens with two attached hydrogens (primary N) is 1. The first-order valence-corrected chi connectivity index (χ1v) is 7.13. The Morgan fingerprint density at radius 1 is 1.24 bits per heavy atom. The summed E-state index contributed by atoms with van der Waals surface area (Å²) in [5.41, 5.74) is 9.40. The average molecular weight is 287 g/mol. The van der Waals surface area contributed by atoms with Crippen molar-refractivity contribution >= 4 is 5.69 Å². The van der Waals surface area contributed by atoms with Crippen molar-refractivity contribution < 1.29 is 4.39 Å². The van der Waals surface area contributed by atoms with Crippen LogP contribution in [0.1, 0.15) is 24.2 Å². The standard InChI is InChI=1S/C17H22FN3/c1-12-6-4-5-7-16(12)21(3)11-13(2)17(19)15-9-8-14(18)10-20-15/h4-10,13,17H,11,19H2,1-3H3. The van der Waals surface area contributed by atoms with E-state index in [1.54, 1.807) is 6.07 Å². The number of hydrogen-bond donors (Lipinski definition) is 1. The Morgan fingerprint density at radius 2 is 1.95 bits per heavy atom. The van der Waals surface area contributed by atoms with E-state index in [1.165, 1.54) is 23.5 Å². The number of hydrogen-bond acceptors (Lipinski definition) is 3. The molecule has 0 spiro atoms. The van der Waals surface area contributed by atoms with E-state index >= 15 is 0 Å². The molecule has 0 aliphatic rings. The van der Waals surface area contributed by atoms with Crippen LogP contribution in [0.3, 0.4) is 0 Å². The zero-order chi connectivity index (χ0) is 15.4. The van der Waals surface area contributed by atoms with E-state index in [0.717, 1.165) is 12.2 Å². The minimum atomic E-state index is -0.337. The van der Waals surface area contributed by atoms with E-state index in [4.69, 9.17) is 5.73 Å². The summed E-state index contributed by atoms with van der Waals surface area (Å²) in [6.07, 6.45) is 1.22. The van der Waals surface area contributed by atoms with Crippen LogP contribution in [-0.2, 0) is 0 Å². The Bertz CT molecular complexity index is 583. The van der Waals surface area contributed by atoms with Crippen molar-refractivity contribution in [2.24, 2.45) is 11.7 Å². The molecule has 4 heteroatoms. The third kappa shape index (κ3) is 3.79. The minimum Gasteiger partial charge on any atom is -0.374 e. The zero-order valence-electron chi connectivity index (χ0n) is 12.8. The lowest BCUT2D eigenvalue weighted by atomic mass is 9.98. The SMILES string of the molecule is Cc1ccccc1N(C)CC(C)C(N)c1ccc(F)cn1. The second-order valence-corrected chi connectivity index (χ2v) is 5.57. The first-order valence-electron chi connectivity index (χ1n) is 7.13. The van der Waals surface area contributed by atoms with E-state index in [9.17, 15) is 4.39 Å². The predicted molar refractivity (Wildman–Crippen MR) is 84.7 cm³/mol. The Labute approximate surface area is 125 Å². The lowest BCUT2D eigenvalue weighted by Gasteiger charge is -2.28. The summed E-state index contributed by atoms with van der Waals surface area (Å²) < 4.78 is 12.9. The lowest BCUT2D eigenvalue weighted by molar-refractivity contribution is 0.461. The zero-order valence-corrected chi connectivity index (χ0v) is 12.8. The highest BCUT2D eigenvalue weighted by atomic mass is 19.1. The molecule has 0 aliphatic heterocycles. The van der Waals surface area contributed by atoms with Gasteiger partial charge in [0.1, 0.15) is 5.82 Å². The van der Waals surface area contributed by atoms with Crippen LogP contribution in [0.15, 0.2) is 42.6 Å². The molecule has 0 saturated heterocycles. The summed E-state index contributed by atoms with van der Waals surface area (Å²) in [5, 5.41) is 0. The molecule has 1 aromatic heterocycles.